The Labute approximate surface area is 132 Å². The fourth-order valence-corrected chi connectivity index (χ4v) is 2.87. The molecule has 0 bridgehead atoms. The third kappa shape index (κ3) is 3.80. The van der Waals surface area contributed by atoms with Gasteiger partial charge in [0.25, 0.3) is 0 Å². The van der Waals surface area contributed by atoms with Crippen LogP contribution in [0.4, 0.5) is 10.2 Å². The average Bonchev–Trinajstić information content (AvgIpc) is 2.41. The highest BCUT2D eigenvalue weighted by Crippen LogP contribution is 2.30. The minimum atomic E-state index is -0.275. The summed E-state index contributed by atoms with van der Waals surface area (Å²) in [5.41, 5.74) is 8.83. The van der Waals surface area contributed by atoms with Crippen molar-refractivity contribution in [3.63, 3.8) is 0 Å². The molecule has 1 aromatic carbocycles. The van der Waals surface area contributed by atoms with Gasteiger partial charge in [0.1, 0.15) is 11.6 Å². The highest BCUT2D eigenvalue weighted by molar-refractivity contribution is 9.10. The van der Waals surface area contributed by atoms with E-state index in [1.165, 1.54) is 12.1 Å². The summed E-state index contributed by atoms with van der Waals surface area (Å²) in [5, 5.41) is 3.43. The molecule has 0 aliphatic carbocycles. The van der Waals surface area contributed by atoms with E-state index in [4.69, 9.17) is 5.73 Å². The molecule has 21 heavy (non-hydrogen) atoms. The summed E-state index contributed by atoms with van der Waals surface area (Å²) in [5.74, 6) is 0.201. The number of nitrogens with one attached hydrogen (secondary N) is 1. The molecule has 0 spiro atoms. The lowest BCUT2D eigenvalue weighted by atomic mass is 9.95. The first kappa shape index (κ1) is 15.9. The molecule has 112 valence electrons. The number of aromatic nitrogens is 1. The Bertz CT molecular complexity index is 590. The number of hydrogen-bond acceptors (Lipinski definition) is 3. The van der Waals surface area contributed by atoms with Gasteiger partial charge in [0.2, 0.25) is 0 Å². The Balaban J connectivity index is 2.52. The molecule has 2 rings (SSSR count). The van der Waals surface area contributed by atoms with E-state index in [1.807, 2.05) is 19.1 Å². The Morgan fingerprint density at radius 2 is 2.14 bits per heavy atom. The summed E-state index contributed by atoms with van der Waals surface area (Å²) in [7, 11) is 0. The van der Waals surface area contributed by atoms with E-state index in [9.17, 15) is 4.39 Å². The van der Waals surface area contributed by atoms with Crippen molar-refractivity contribution in [3.05, 3.63) is 57.4 Å². The first-order chi connectivity index (χ1) is 10.0. The van der Waals surface area contributed by atoms with Crippen LogP contribution in [0.25, 0.3) is 0 Å². The second-order valence-corrected chi connectivity index (χ2v) is 5.93. The van der Waals surface area contributed by atoms with Gasteiger partial charge in [0.05, 0.1) is 6.04 Å². The van der Waals surface area contributed by atoms with Crippen LogP contribution in [0.5, 0.6) is 0 Å². The molecule has 2 aromatic rings. The molecule has 3 N–H and O–H groups in total. The second kappa shape index (κ2) is 7.00. The van der Waals surface area contributed by atoms with Gasteiger partial charge in [-0.05, 0) is 55.3 Å². The number of nitrogen functional groups attached to an aromatic ring is 1. The molecule has 0 aliphatic heterocycles. The zero-order chi connectivity index (χ0) is 15.4. The molecule has 3 nitrogen and oxygen atoms in total. The maximum absolute atomic E-state index is 13.7. The number of hydrogen-bond donors (Lipinski definition) is 2. The van der Waals surface area contributed by atoms with E-state index < -0.39 is 0 Å². The maximum atomic E-state index is 13.7. The van der Waals surface area contributed by atoms with Crippen LogP contribution in [0.3, 0.4) is 0 Å². The fourth-order valence-electron chi connectivity index (χ4n) is 2.38. The van der Waals surface area contributed by atoms with Crippen LogP contribution in [0.15, 0.2) is 34.9 Å². The molecule has 0 saturated heterocycles. The van der Waals surface area contributed by atoms with Gasteiger partial charge < -0.3 is 11.1 Å². The van der Waals surface area contributed by atoms with Crippen LogP contribution in [0.1, 0.15) is 36.1 Å². The van der Waals surface area contributed by atoms with Crippen LogP contribution >= 0.6 is 15.9 Å². The largest absolute Gasteiger partial charge is 0.383 e. The monoisotopic (exact) mass is 351 g/mol. The van der Waals surface area contributed by atoms with Crippen LogP contribution in [-0.4, -0.2) is 11.5 Å². The van der Waals surface area contributed by atoms with E-state index in [0.717, 1.165) is 29.7 Å². The van der Waals surface area contributed by atoms with Crippen molar-refractivity contribution in [1.82, 2.24) is 10.3 Å². The average molecular weight is 352 g/mol. The number of pyridine rings is 1. The topological polar surface area (TPSA) is 50.9 Å². The molecular formula is C16H19BrFN3. The number of halogens is 2. The molecule has 0 fully saturated rings. The van der Waals surface area contributed by atoms with Gasteiger partial charge in [-0.2, -0.15) is 0 Å². The van der Waals surface area contributed by atoms with Gasteiger partial charge in [-0.25, -0.2) is 9.37 Å². The molecule has 0 radical (unpaired) electrons. The number of nitrogens with zero attached hydrogens (tertiary/aromatic N) is 1. The van der Waals surface area contributed by atoms with Gasteiger partial charge in [0, 0.05) is 16.2 Å². The third-order valence-electron chi connectivity index (χ3n) is 3.34. The fraction of sp³-hybridized carbons (Fsp3) is 0.312. The van der Waals surface area contributed by atoms with E-state index in [1.54, 1.807) is 6.20 Å². The summed E-state index contributed by atoms with van der Waals surface area (Å²) in [4.78, 5) is 4.17. The van der Waals surface area contributed by atoms with Crippen molar-refractivity contribution in [2.45, 2.75) is 26.3 Å². The standard InChI is InChI=1S/C16H19BrFN3/c1-3-5-20-15(11-7-12(17)9-13(18)8-11)14-10(2)4-6-21-16(14)19/h4,6-9,15,20H,3,5H2,1-2H3,(H2,19,21). The van der Waals surface area contributed by atoms with Crippen LogP contribution in [0, 0.1) is 12.7 Å². The van der Waals surface area contributed by atoms with Gasteiger partial charge in [-0.3, -0.25) is 0 Å². The van der Waals surface area contributed by atoms with E-state index >= 15 is 0 Å². The summed E-state index contributed by atoms with van der Waals surface area (Å²) in [6.45, 7) is 4.89. The first-order valence-corrected chi connectivity index (χ1v) is 7.72. The van der Waals surface area contributed by atoms with Gasteiger partial charge in [-0.15, -0.1) is 0 Å². The van der Waals surface area contributed by atoms with Crippen LogP contribution in [0.2, 0.25) is 0 Å². The van der Waals surface area contributed by atoms with Crippen LogP contribution < -0.4 is 11.1 Å². The minimum Gasteiger partial charge on any atom is -0.383 e. The lowest BCUT2D eigenvalue weighted by Crippen LogP contribution is -2.25. The second-order valence-electron chi connectivity index (χ2n) is 5.02. The predicted octanol–water partition coefficient (Wildman–Crippen LogP) is 3.96. The SMILES string of the molecule is CCCNC(c1cc(F)cc(Br)c1)c1c(C)ccnc1N. The lowest BCUT2D eigenvalue weighted by molar-refractivity contribution is 0.583. The number of rotatable bonds is 5. The molecule has 0 amide bonds. The number of nitrogens with two attached hydrogens (primary N) is 1. The van der Waals surface area contributed by atoms with Crippen LogP contribution in [-0.2, 0) is 0 Å². The highest BCUT2D eigenvalue weighted by atomic mass is 79.9. The maximum Gasteiger partial charge on any atom is 0.128 e. The third-order valence-corrected chi connectivity index (χ3v) is 3.80. The number of benzene rings is 1. The molecule has 0 saturated carbocycles. The van der Waals surface area contributed by atoms with E-state index in [-0.39, 0.29) is 11.9 Å². The van der Waals surface area contributed by atoms with E-state index in [0.29, 0.717) is 10.3 Å². The van der Waals surface area contributed by atoms with Crippen molar-refractivity contribution in [2.75, 3.05) is 12.3 Å². The Hall–Kier alpha value is -1.46. The zero-order valence-corrected chi connectivity index (χ0v) is 13.7. The summed E-state index contributed by atoms with van der Waals surface area (Å²) in [6.07, 6.45) is 2.67. The van der Waals surface area contributed by atoms with Crippen molar-refractivity contribution in [3.8, 4) is 0 Å². The zero-order valence-electron chi connectivity index (χ0n) is 12.2. The predicted molar refractivity (Wildman–Crippen MR) is 87.6 cm³/mol. The summed E-state index contributed by atoms with van der Waals surface area (Å²) < 4.78 is 14.4. The van der Waals surface area contributed by atoms with Crippen molar-refractivity contribution >= 4 is 21.7 Å². The minimum absolute atomic E-state index is 0.175. The smallest absolute Gasteiger partial charge is 0.128 e. The number of aryl methyl sites for hydroxylation is 1. The Kier molecular flexibility index (Phi) is 5.31. The molecule has 1 atom stereocenters. The molecule has 1 heterocycles. The Morgan fingerprint density at radius 1 is 1.38 bits per heavy atom. The lowest BCUT2D eigenvalue weighted by Gasteiger charge is -2.23. The van der Waals surface area contributed by atoms with Crippen molar-refractivity contribution in [2.24, 2.45) is 0 Å². The molecule has 5 heteroatoms. The molecule has 1 unspecified atom stereocenters. The Morgan fingerprint density at radius 3 is 2.76 bits per heavy atom. The number of anilines is 1. The van der Waals surface area contributed by atoms with Crippen molar-refractivity contribution in [1.29, 1.82) is 0 Å². The highest BCUT2D eigenvalue weighted by Gasteiger charge is 2.20. The van der Waals surface area contributed by atoms with Crippen molar-refractivity contribution < 1.29 is 4.39 Å². The first-order valence-electron chi connectivity index (χ1n) is 6.93. The van der Waals surface area contributed by atoms with Gasteiger partial charge in [0.15, 0.2) is 0 Å². The summed E-state index contributed by atoms with van der Waals surface area (Å²) >= 11 is 3.34. The van der Waals surface area contributed by atoms with E-state index in [2.05, 4.69) is 33.2 Å². The van der Waals surface area contributed by atoms with Gasteiger partial charge in [-0.1, -0.05) is 22.9 Å². The van der Waals surface area contributed by atoms with Gasteiger partial charge >= 0.3 is 0 Å². The molecule has 1 aromatic heterocycles. The normalized spacial score (nSPS) is 12.4. The molecular weight excluding hydrogens is 333 g/mol. The summed E-state index contributed by atoms with van der Waals surface area (Å²) in [6, 6.07) is 6.62. The quantitative estimate of drug-likeness (QED) is 0.856. The molecule has 0 aliphatic rings.